The van der Waals surface area contributed by atoms with E-state index in [1.54, 1.807) is 0 Å². The number of hydrogen-bond acceptors (Lipinski definition) is 3. The molecule has 1 aromatic heterocycles. The number of nitrogens with zero attached hydrogens (tertiary/aromatic N) is 4. The molecule has 0 unspecified atom stereocenters. The summed E-state index contributed by atoms with van der Waals surface area (Å²) in [4.78, 5) is 10.2. The van der Waals surface area contributed by atoms with Crippen LogP contribution in [0, 0.1) is 13.8 Å². The highest BCUT2D eigenvalue weighted by molar-refractivity contribution is 6.32. The van der Waals surface area contributed by atoms with Gasteiger partial charge in [-0.1, -0.05) is 152 Å². The fraction of sp³-hybridized carbons (Fsp3) is 0.0896. The average molecular weight is 915 g/mol. The second-order valence-corrected chi connectivity index (χ2v) is 18.8. The van der Waals surface area contributed by atoms with Gasteiger partial charge in [0.15, 0.2) is 0 Å². The Labute approximate surface area is 417 Å². The number of fused-ring (bicyclic) bond motifs is 5. The number of allylic oxidation sites excluding steroid dienone is 3. The molecule has 0 bridgehead atoms. The van der Waals surface area contributed by atoms with Crippen LogP contribution in [0.1, 0.15) is 57.5 Å². The minimum absolute atomic E-state index is 0.830. The van der Waals surface area contributed by atoms with E-state index < -0.39 is 0 Å². The van der Waals surface area contributed by atoms with Gasteiger partial charge in [-0.3, -0.25) is 0 Å². The minimum Gasteiger partial charge on any atom is -0.310 e. The van der Waals surface area contributed by atoms with Crippen molar-refractivity contribution in [3.63, 3.8) is 0 Å². The van der Waals surface area contributed by atoms with E-state index in [9.17, 15) is 0 Å². The number of hydrogen-bond donors (Lipinski definition) is 0. The highest BCUT2D eigenvalue weighted by Crippen LogP contribution is 2.43. The van der Waals surface area contributed by atoms with Crippen LogP contribution in [0.25, 0.3) is 45.1 Å². The molecule has 0 aliphatic heterocycles. The Morgan fingerprint density at radius 2 is 1.08 bits per heavy atom. The molecule has 0 fully saturated rings. The van der Waals surface area contributed by atoms with E-state index in [-0.39, 0.29) is 0 Å². The second kappa shape index (κ2) is 18.6. The molecule has 71 heavy (non-hydrogen) atoms. The normalized spacial score (nSPS) is 13.0. The van der Waals surface area contributed by atoms with E-state index in [0.29, 0.717) is 0 Å². The molecule has 2 aliphatic carbocycles. The third-order valence-electron chi connectivity index (χ3n) is 14.3. The summed E-state index contributed by atoms with van der Waals surface area (Å²) in [6.07, 6.45) is 13.4. The Kier molecular flexibility index (Phi) is 11.4. The zero-order chi connectivity index (χ0) is 47.8. The number of aryl methyl sites for hydroxylation is 4. The number of rotatable bonds is 11. The Hall–Kier alpha value is -8.73. The Bertz CT molecular complexity index is 3710. The van der Waals surface area contributed by atoms with Crippen LogP contribution in [0.15, 0.2) is 230 Å². The molecule has 0 atom stereocenters. The summed E-state index contributed by atoms with van der Waals surface area (Å²) in [5.74, 6) is 0. The van der Waals surface area contributed by atoms with Crippen LogP contribution in [0.4, 0.5) is 39.8 Å². The first kappa shape index (κ1) is 43.5. The van der Waals surface area contributed by atoms with Gasteiger partial charge < -0.3 is 14.4 Å². The SMILES string of the molecule is C=C(C(=Nc1ccccc1C)c1ccc(N(c2ccc(C)cc2)c2cccc3c2C=CCC3)cc1)c1ccc(N(c2ccc(-n3c4c(c5ccccc53)CCC=C4)cc2)c2cccc3ccccc23)cc1. The van der Waals surface area contributed by atoms with E-state index >= 15 is 0 Å². The molecule has 10 aromatic rings. The number of aliphatic imine (C=N–C) groups is 1. The molecule has 0 radical (unpaired) electrons. The van der Waals surface area contributed by atoms with Crippen molar-refractivity contribution in [2.24, 2.45) is 4.99 Å². The summed E-state index contributed by atoms with van der Waals surface area (Å²) in [5.41, 5.74) is 21.3. The van der Waals surface area contributed by atoms with Gasteiger partial charge in [0.25, 0.3) is 0 Å². The van der Waals surface area contributed by atoms with E-state index in [4.69, 9.17) is 11.6 Å². The number of anilines is 6. The van der Waals surface area contributed by atoms with E-state index in [1.165, 1.54) is 55.3 Å². The third-order valence-corrected chi connectivity index (χ3v) is 14.3. The van der Waals surface area contributed by atoms with Crippen LogP contribution in [0.2, 0.25) is 0 Å². The van der Waals surface area contributed by atoms with Crippen LogP contribution in [-0.2, 0) is 12.8 Å². The van der Waals surface area contributed by atoms with Crippen molar-refractivity contribution in [1.82, 2.24) is 4.57 Å². The van der Waals surface area contributed by atoms with Gasteiger partial charge in [-0.15, -0.1) is 0 Å². The van der Waals surface area contributed by atoms with Crippen molar-refractivity contribution >= 4 is 84.9 Å². The number of para-hydroxylation sites is 2. The molecule has 0 spiro atoms. The first-order valence-electron chi connectivity index (χ1n) is 24.8. The second-order valence-electron chi connectivity index (χ2n) is 18.8. The Morgan fingerprint density at radius 3 is 1.85 bits per heavy atom. The zero-order valence-electron chi connectivity index (χ0n) is 40.3. The predicted octanol–water partition coefficient (Wildman–Crippen LogP) is 18.1. The molecule has 0 amide bonds. The van der Waals surface area contributed by atoms with Crippen LogP contribution in [-0.4, -0.2) is 10.3 Å². The summed E-state index contributed by atoms with van der Waals surface area (Å²) in [6.45, 7) is 9.04. The van der Waals surface area contributed by atoms with Crippen molar-refractivity contribution in [3.8, 4) is 5.69 Å². The zero-order valence-corrected chi connectivity index (χ0v) is 40.3. The third kappa shape index (κ3) is 8.17. The van der Waals surface area contributed by atoms with Gasteiger partial charge in [0.2, 0.25) is 0 Å². The van der Waals surface area contributed by atoms with Crippen LogP contribution >= 0.6 is 0 Å². The summed E-state index contributed by atoms with van der Waals surface area (Å²) >= 11 is 0. The summed E-state index contributed by atoms with van der Waals surface area (Å²) < 4.78 is 2.42. The molecule has 1 heterocycles. The first-order valence-corrected chi connectivity index (χ1v) is 24.8. The molecular weight excluding hydrogens is 861 g/mol. The molecule has 12 rings (SSSR count). The van der Waals surface area contributed by atoms with Crippen molar-refractivity contribution in [2.75, 3.05) is 9.80 Å². The van der Waals surface area contributed by atoms with Crippen molar-refractivity contribution in [2.45, 2.75) is 39.5 Å². The molecule has 4 heteroatoms. The summed E-state index contributed by atoms with van der Waals surface area (Å²) in [7, 11) is 0. The van der Waals surface area contributed by atoms with Crippen molar-refractivity contribution < 1.29 is 0 Å². The summed E-state index contributed by atoms with van der Waals surface area (Å²) in [5, 5.41) is 3.71. The number of benzene rings is 9. The first-order chi connectivity index (χ1) is 35.0. The lowest BCUT2D eigenvalue weighted by molar-refractivity contribution is 0.967. The quantitative estimate of drug-likeness (QED) is 0.121. The molecule has 2 aliphatic rings. The van der Waals surface area contributed by atoms with Gasteiger partial charge in [-0.05, 0) is 158 Å². The minimum atomic E-state index is 0.830. The standard InChI is InChI=1S/C67H54N4/c1-46-30-36-53(37-31-46)69(63-28-14-19-50-17-5-7-21-58(50)63)55-40-34-52(35-41-55)67(68-62-25-11-4-16-47(62)2)48(3)49-32-38-54(39-33-49)70(64-29-15-20-51-18-6-8-22-59(51)64)56-42-44-57(45-43-56)71-65-26-12-9-23-60(65)61-24-10-13-27-66(61)71/h4,6-9,11-16,18-23,25-45H,3,5,10,17,24H2,1-2H3. The van der Waals surface area contributed by atoms with Crippen molar-refractivity contribution in [3.05, 3.63) is 270 Å². The maximum atomic E-state index is 5.40. The molecule has 0 N–H and O–H groups in total. The van der Waals surface area contributed by atoms with E-state index in [1.807, 2.05) is 0 Å². The lowest BCUT2D eigenvalue weighted by Gasteiger charge is -2.29. The highest BCUT2D eigenvalue weighted by atomic mass is 15.2. The summed E-state index contributed by atoms with van der Waals surface area (Å²) in [6, 6.07) is 74.6. The lowest BCUT2D eigenvalue weighted by Crippen LogP contribution is -2.13. The monoisotopic (exact) mass is 914 g/mol. The molecule has 0 saturated carbocycles. The predicted molar refractivity (Wildman–Crippen MR) is 302 cm³/mol. The van der Waals surface area contributed by atoms with Gasteiger partial charge in [0.05, 0.1) is 28.3 Å². The van der Waals surface area contributed by atoms with Gasteiger partial charge >= 0.3 is 0 Å². The average Bonchev–Trinajstić information content (AvgIpc) is 3.76. The molecule has 4 nitrogen and oxygen atoms in total. The van der Waals surface area contributed by atoms with Gasteiger partial charge in [-0.25, -0.2) is 4.99 Å². The fourth-order valence-electron chi connectivity index (χ4n) is 10.6. The lowest BCUT2D eigenvalue weighted by atomic mass is 9.94. The Morgan fingerprint density at radius 1 is 0.507 bits per heavy atom. The largest absolute Gasteiger partial charge is 0.310 e. The van der Waals surface area contributed by atoms with Gasteiger partial charge in [-0.2, -0.15) is 0 Å². The van der Waals surface area contributed by atoms with Crippen LogP contribution in [0.3, 0.4) is 0 Å². The topological polar surface area (TPSA) is 23.8 Å². The maximum absolute atomic E-state index is 5.40. The molecule has 0 saturated heterocycles. The smallest absolute Gasteiger partial charge is 0.0781 e. The Balaban J connectivity index is 0.923. The number of aromatic nitrogens is 1. The van der Waals surface area contributed by atoms with Crippen LogP contribution < -0.4 is 9.80 Å². The van der Waals surface area contributed by atoms with E-state index in [0.717, 1.165) is 93.5 Å². The van der Waals surface area contributed by atoms with Crippen molar-refractivity contribution in [1.29, 1.82) is 0 Å². The molecular formula is C67H54N4. The van der Waals surface area contributed by atoms with Gasteiger partial charge in [0, 0.05) is 61.6 Å². The fourth-order valence-corrected chi connectivity index (χ4v) is 10.6. The van der Waals surface area contributed by atoms with E-state index in [2.05, 4.69) is 259 Å². The highest BCUT2D eigenvalue weighted by Gasteiger charge is 2.22. The van der Waals surface area contributed by atoms with Gasteiger partial charge in [0.1, 0.15) is 0 Å². The van der Waals surface area contributed by atoms with Crippen LogP contribution in [0.5, 0.6) is 0 Å². The molecule has 9 aromatic carbocycles. The molecule has 342 valence electrons. The maximum Gasteiger partial charge on any atom is 0.0781 e.